The molecule has 0 radical (unpaired) electrons. The summed E-state index contributed by atoms with van der Waals surface area (Å²) in [5.74, 6) is -1.03. The van der Waals surface area contributed by atoms with Crippen LogP contribution in [0.3, 0.4) is 0 Å². The molecule has 0 saturated carbocycles. The second-order valence-corrected chi connectivity index (χ2v) is 10.8. The summed E-state index contributed by atoms with van der Waals surface area (Å²) in [6, 6.07) is 8.11. The van der Waals surface area contributed by atoms with E-state index in [2.05, 4.69) is 5.32 Å². The van der Waals surface area contributed by atoms with Gasteiger partial charge in [0.15, 0.2) is 0 Å². The number of carbonyl (C=O) groups is 2. The first-order chi connectivity index (χ1) is 15.3. The van der Waals surface area contributed by atoms with E-state index >= 15 is 0 Å². The first-order valence-electron chi connectivity index (χ1n) is 9.79. The number of amides is 2. The molecule has 0 bridgehead atoms. The molecule has 2 rings (SSSR count). The zero-order valence-electron chi connectivity index (χ0n) is 18.1. The van der Waals surface area contributed by atoms with Crippen LogP contribution < -0.4 is 9.62 Å². The summed E-state index contributed by atoms with van der Waals surface area (Å²) in [5, 5.41) is 3.76. The Morgan fingerprint density at radius 2 is 1.58 bits per heavy atom. The molecule has 0 aromatic heterocycles. The molecule has 0 aliphatic carbocycles. The zero-order valence-corrected chi connectivity index (χ0v) is 22.0. The maximum Gasteiger partial charge on any atom is 0.244 e. The fourth-order valence-corrected chi connectivity index (χ4v) is 4.91. The zero-order chi connectivity index (χ0) is 24.9. The third-order valence-corrected chi connectivity index (χ3v) is 6.98. The Kier molecular flexibility index (Phi) is 9.70. The molecule has 2 aromatic carbocycles. The van der Waals surface area contributed by atoms with Crippen molar-refractivity contribution >= 4 is 73.9 Å². The quantitative estimate of drug-likeness (QED) is 0.490. The van der Waals surface area contributed by atoms with Gasteiger partial charge in [0, 0.05) is 28.2 Å². The van der Waals surface area contributed by atoms with E-state index in [1.54, 1.807) is 26.0 Å². The number of benzene rings is 2. The number of anilines is 1. The van der Waals surface area contributed by atoms with E-state index in [9.17, 15) is 18.0 Å². The van der Waals surface area contributed by atoms with Crippen molar-refractivity contribution in [1.29, 1.82) is 0 Å². The van der Waals surface area contributed by atoms with Crippen molar-refractivity contribution in [1.82, 2.24) is 10.2 Å². The van der Waals surface area contributed by atoms with Crippen LogP contribution in [-0.2, 0) is 26.2 Å². The highest BCUT2D eigenvalue weighted by molar-refractivity contribution is 7.92. The summed E-state index contributed by atoms with van der Waals surface area (Å²) in [5.41, 5.74) is 0.632. The fraction of sp³-hybridized carbons (Fsp3) is 0.333. The van der Waals surface area contributed by atoms with Gasteiger partial charge in [0.05, 0.1) is 17.0 Å². The third-order valence-electron chi connectivity index (χ3n) is 4.73. The molecule has 33 heavy (non-hydrogen) atoms. The van der Waals surface area contributed by atoms with Crippen molar-refractivity contribution in [2.45, 2.75) is 26.4 Å². The van der Waals surface area contributed by atoms with Gasteiger partial charge in [-0.2, -0.15) is 0 Å². The molecule has 0 saturated heterocycles. The van der Waals surface area contributed by atoms with Crippen LogP contribution in [0.25, 0.3) is 0 Å². The number of hydrogen-bond acceptors (Lipinski definition) is 4. The molecule has 2 amide bonds. The normalized spacial score (nSPS) is 12.2. The molecule has 0 aliphatic heterocycles. The first kappa shape index (κ1) is 27.5. The van der Waals surface area contributed by atoms with Crippen molar-refractivity contribution < 1.29 is 18.0 Å². The summed E-state index contributed by atoms with van der Waals surface area (Å²) in [4.78, 5) is 27.2. The van der Waals surface area contributed by atoms with Crippen molar-refractivity contribution in [2.24, 2.45) is 0 Å². The fourth-order valence-electron chi connectivity index (χ4n) is 3.02. The van der Waals surface area contributed by atoms with Crippen LogP contribution in [0.4, 0.5) is 5.69 Å². The summed E-state index contributed by atoms with van der Waals surface area (Å²) in [6.45, 7) is 3.03. The number of hydrogen-bond donors (Lipinski definition) is 1. The van der Waals surface area contributed by atoms with E-state index in [4.69, 9.17) is 46.4 Å². The van der Waals surface area contributed by atoms with Gasteiger partial charge >= 0.3 is 0 Å². The SMILES string of the molecule is CCNC(=O)[C@@H](C)N(Cc1ccc(Cl)cc1Cl)C(=O)CN(c1ccc(Cl)cc1Cl)S(C)(=O)=O. The van der Waals surface area contributed by atoms with E-state index < -0.39 is 34.4 Å². The second kappa shape index (κ2) is 11.6. The largest absolute Gasteiger partial charge is 0.355 e. The minimum atomic E-state index is -3.91. The average Bonchev–Trinajstić information content (AvgIpc) is 2.70. The molecular weight excluding hydrogens is 532 g/mol. The molecule has 12 heteroatoms. The number of rotatable bonds is 9. The number of carbonyl (C=O) groups excluding carboxylic acids is 2. The van der Waals surface area contributed by atoms with Crippen LogP contribution in [0.5, 0.6) is 0 Å². The van der Waals surface area contributed by atoms with Gasteiger partial charge in [-0.1, -0.05) is 52.5 Å². The lowest BCUT2D eigenvalue weighted by Gasteiger charge is -2.31. The smallest absolute Gasteiger partial charge is 0.244 e. The van der Waals surface area contributed by atoms with Gasteiger partial charge in [0.2, 0.25) is 21.8 Å². The Labute approximate surface area is 213 Å². The van der Waals surface area contributed by atoms with Crippen molar-refractivity contribution in [3.8, 4) is 0 Å². The molecule has 0 unspecified atom stereocenters. The maximum absolute atomic E-state index is 13.4. The Balaban J connectivity index is 2.45. The van der Waals surface area contributed by atoms with Gasteiger partial charge in [0.1, 0.15) is 12.6 Å². The third kappa shape index (κ3) is 7.39. The van der Waals surface area contributed by atoms with Crippen LogP contribution in [-0.4, -0.2) is 50.5 Å². The molecule has 1 atom stereocenters. The maximum atomic E-state index is 13.4. The molecule has 0 heterocycles. The molecule has 0 aliphatic rings. The number of nitrogens with one attached hydrogen (secondary N) is 1. The highest BCUT2D eigenvalue weighted by atomic mass is 35.5. The predicted molar refractivity (Wildman–Crippen MR) is 134 cm³/mol. The second-order valence-electron chi connectivity index (χ2n) is 7.19. The highest BCUT2D eigenvalue weighted by Gasteiger charge is 2.31. The van der Waals surface area contributed by atoms with E-state index in [1.807, 2.05) is 0 Å². The van der Waals surface area contributed by atoms with Crippen LogP contribution in [0.2, 0.25) is 20.1 Å². The Hall–Kier alpha value is -1.71. The van der Waals surface area contributed by atoms with Crippen LogP contribution >= 0.6 is 46.4 Å². The van der Waals surface area contributed by atoms with Gasteiger partial charge in [-0.15, -0.1) is 0 Å². The summed E-state index contributed by atoms with van der Waals surface area (Å²) >= 11 is 24.4. The Morgan fingerprint density at radius 1 is 1.00 bits per heavy atom. The number of nitrogens with zero attached hydrogens (tertiary/aromatic N) is 2. The van der Waals surface area contributed by atoms with Crippen molar-refractivity contribution in [3.63, 3.8) is 0 Å². The van der Waals surface area contributed by atoms with Gasteiger partial charge < -0.3 is 10.2 Å². The molecule has 0 fully saturated rings. The van der Waals surface area contributed by atoms with Gasteiger partial charge in [-0.05, 0) is 49.7 Å². The number of likely N-dealkylation sites (N-methyl/N-ethyl adjacent to an activating group) is 1. The standard InChI is InChI=1S/C21H23Cl4N3O4S/c1-4-26-21(30)13(2)27(11-14-5-6-15(22)9-17(14)24)20(29)12-28(33(3,31)32)19-8-7-16(23)10-18(19)25/h5-10,13H,4,11-12H2,1-3H3,(H,26,30)/t13-/m1/s1. The van der Waals surface area contributed by atoms with E-state index in [1.165, 1.54) is 29.2 Å². The van der Waals surface area contributed by atoms with Gasteiger partial charge in [0.25, 0.3) is 0 Å². The lowest BCUT2D eigenvalue weighted by Crippen LogP contribution is -2.51. The Morgan fingerprint density at radius 3 is 2.09 bits per heavy atom. The van der Waals surface area contributed by atoms with E-state index in [0.717, 1.165) is 10.6 Å². The van der Waals surface area contributed by atoms with Gasteiger partial charge in [-0.3, -0.25) is 13.9 Å². The average molecular weight is 555 g/mol. The van der Waals surface area contributed by atoms with Gasteiger partial charge in [-0.25, -0.2) is 8.42 Å². The molecular formula is C21H23Cl4N3O4S. The first-order valence-corrected chi connectivity index (χ1v) is 13.1. The Bertz CT molecular complexity index is 1140. The molecule has 7 nitrogen and oxygen atoms in total. The molecule has 0 spiro atoms. The lowest BCUT2D eigenvalue weighted by atomic mass is 10.1. The topological polar surface area (TPSA) is 86.8 Å². The number of sulfonamides is 1. The van der Waals surface area contributed by atoms with E-state index in [-0.39, 0.29) is 17.3 Å². The van der Waals surface area contributed by atoms with Crippen LogP contribution in [0.1, 0.15) is 19.4 Å². The number of halogens is 4. The van der Waals surface area contributed by atoms with E-state index in [0.29, 0.717) is 27.2 Å². The molecule has 2 aromatic rings. The summed E-state index contributed by atoms with van der Waals surface area (Å²) < 4.78 is 25.9. The molecule has 180 valence electrons. The minimum absolute atomic E-state index is 0.0426. The molecule has 1 N–H and O–H groups in total. The predicted octanol–water partition coefficient (Wildman–Crippen LogP) is 4.62. The summed E-state index contributed by atoms with van der Waals surface area (Å²) in [7, 11) is -3.91. The van der Waals surface area contributed by atoms with Crippen LogP contribution in [0, 0.1) is 0 Å². The monoisotopic (exact) mass is 553 g/mol. The van der Waals surface area contributed by atoms with Crippen molar-refractivity contribution in [3.05, 3.63) is 62.1 Å². The van der Waals surface area contributed by atoms with Crippen molar-refractivity contribution in [2.75, 3.05) is 23.7 Å². The van der Waals surface area contributed by atoms with Crippen LogP contribution in [0.15, 0.2) is 36.4 Å². The highest BCUT2D eigenvalue weighted by Crippen LogP contribution is 2.31. The summed E-state index contributed by atoms with van der Waals surface area (Å²) in [6.07, 6.45) is 0.957. The lowest BCUT2D eigenvalue weighted by molar-refractivity contribution is -0.139. The minimum Gasteiger partial charge on any atom is -0.355 e.